The van der Waals surface area contributed by atoms with Gasteiger partial charge in [-0.15, -0.1) is 24.0 Å². The van der Waals surface area contributed by atoms with Gasteiger partial charge in [0.15, 0.2) is 11.7 Å². The van der Waals surface area contributed by atoms with Gasteiger partial charge in [-0.3, -0.25) is 4.99 Å². The van der Waals surface area contributed by atoms with Crippen LogP contribution in [0.4, 0.5) is 0 Å². The van der Waals surface area contributed by atoms with Crippen LogP contribution in [0.1, 0.15) is 63.8 Å². The fraction of sp³-hybridized carbons (Fsp3) is 0.789. The van der Waals surface area contributed by atoms with Crippen molar-refractivity contribution in [1.29, 1.82) is 0 Å². The highest BCUT2D eigenvalue weighted by Gasteiger charge is 2.15. The Morgan fingerprint density at radius 3 is 2.85 bits per heavy atom. The summed E-state index contributed by atoms with van der Waals surface area (Å²) in [5.74, 6) is 2.90. The second-order valence-corrected chi connectivity index (χ2v) is 7.48. The number of nitrogens with one attached hydrogen (secondary N) is 2. The first-order valence-corrected chi connectivity index (χ1v) is 9.71. The molecule has 0 amide bonds. The van der Waals surface area contributed by atoms with E-state index < -0.39 is 0 Å². The molecule has 26 heavy (non-hydrogen) atoms. The lowest BCUT2D eigenvalue weighted by molar-refractivity contribution is 0.181. The van der Waals surface area contributed by atoms with Gasteiger partial charge in [0.2, 0.25) is 0 Å². The number of guanidine groups is 1. The summed E-state index contributed by atoms with van der Waals surface area (Å²) in [6, 6.07) is 2.00. The molecule has 2 rings (SSSR count). The molecule has 0 spiro atoms. The van der Waals surface area contributed by atoms with Gasteiger partial charge in [0.1, 0.15) is 0 Å². The van der Waals surface area contributed by atoms with Gasteiger partial charge in [-0.25, -0.2) is 0 Å². The van der Waals surface area contributed by atoms with Crippen molar-refractivity contribution in [2.45, 2.75) is 58.9 Å². The van der Waals surface area contributed by atoms with Gasteiger partial charge in [0.05, 0.1) is 12.2 Å². The number of hydrogen-bond donors (Lipinski definition) is 2. The lowest BCUT2D eigenvalue weighted by Gasteiger charge is -2.30. The van der Waals surface area contributed by atoms with Crippen LogP contribution in [0.3, 0.4) is 0 Å². The van der Waals surface area contributed by atoms with Crippen LogP contribution in [-0.2, 0) is 6.54 Å². The summed E-state index contributed by atoms with van der Waals surface area (Å²) in [7, 11) is 1.80. The highest BCUT2D eigenvalue weighted by atomic mass is 127. The van der Waals surface area contributed by atoms with E-state index in [9.17, 15) is 0 Å². The quantitative estimate of drug-likeness (QED) is 0.259. The van der Waals surface area contributed by atoms with E-state index in [1.54, 1.807) is 7.05 Å². The summed E-state index contributed by atoms with van der Waals surface area (Å²) < 4.78 is 5.34. The second kappa shape index (κ2) is 12.5. The maximum atomic E-state index is 5.34. The summed E-state index contributed by atoms with van der Waals surface area (Å²) in [5.41, 5.74) is 0.992. The molecule has 1 atom stereocenters. The molecule has 0 saturated carbocycles. The van der Waals surface area contributed by atoms with E-state index in [2.05, 4.69) is 46.5 Å². The third-order valence-electron chi connectivity index (χ3n) is 4.76. The lowest BCUT2D eigenvalue weighted by Crippen LogP contribution is -2.38. The Labute approximate surface area is 175 Å². The molecule has 1 aliphatic rings. The summed E-state index contributed by atoms with van der Waals surface area (Å²) in [6.07, 6.45) is 5.14. The molecule has 0 aliphatic carbocycles. The van der Waals surface area contributed by atoms with Gasteiger partial charge in [-0.2, -0.15) is 0 Å². The lowest BCUT2D eigenvalue weighted by atomic mass is 10.0. The van der Waals surface area contributed by atoms with Crippen molar-refractivity contribution < 1.29 is 4.52 Å². The molecule has 0 aromatic carbocycles. The molecule has 7 heteroatoms. The third-order valence-corrected chi connectivity index (χ3v) is 4.76. The van der Waals surface area contributed by atoms with Gasteiger partial charge in [-0.1, -0.05) is 25.9 Å². The van der Waals surface area contributed by atoms with Gasteiger partial charge in [0, 0.05) is 26.2 Å². The van der Waals surface area contributed by atoms with Crippen LogP contribution in [-0.4, -0.2) is 49.2 Å². The third kappa shape index (κ3) is 8.24. The zero-order valence-electron chi connectivity index (χ0n) is 16.8. The van der Waals surface area contributed by atoms with Crippen molar-refractivity contribution in [2.24, 2.45) is 10.9 Å². The van der Waals surface area contributed by atoms with Gasteiger partial charge >= 0.3 is 0 Å². The molecule has 6 nitrogen and oxygen atoms in total. The van der Waals surface area contributed by atoms with Crippen molar-refractivity contribution >= 4 is 29.9 Å². The van der Waals surface area contributed by atoms with Crippen molar-refractivity contribution in [3.63, 3.8) is 0 Å². The Balaban J connectivity index is 0.00000338. The molecule has 2 heterocycles. The van der Waals surface area contributed by atoms with Gasteiger partial charge < -0.3 is 20.1 Å². The zero-order chi connectivity index (χ0) is 18.1. The van der Waals surface area contributed by atoms with Crippen LogP contribution >= 0.6 is 24.0 Å². The molecule has 150 valence electrons. The van der Waals surface area contributed by atoms with Crippen LogP contribution in [0.5, 0.6) is 0 Å². The van der Waals surface area contributed by atoms with Crippen LogP contribution in [0.2, 0.25) is 0 Å². The fourth-order valence-electron chi connectivity index (χ4n) is 3.23. The minimum absolute atomic E-state index is 0. The molecule has 1 aromatic heterocycles. The Morgan fingerprint density at radius 1 is 1.38 bits per heavy atom. The van der Waals surface area contributed by atoms with Crippen molar-refractivity contribution in [3.05, 3.63) is 17.5 Å². The smallest absolute Gasteiger partial charge is 0.191 e. The molecule has 1 saturated heterocycles. The zero-order valence-corrected chi connectivity index (χ0v) is 19.1. The minimum Gasteiger partial charge on any atom is -0.359 e. The second-order valence-electron chi connectivity index (χ2n) is 7.48. The van der Waals surface area contributed by atoms with E-state index in [1.165, 1.54) is 38.9 Å². The summed E-state index contributed by atoms with van der Waals surface area (Å²) in [5, 5.41) is 10.7. The van der Waals surface area contributed by atoms with E-state index in [-0.39, 0.29) is 24.0 Å². The van der Waals surface area contributed by atoms with Crippen molar-refractivity contribution in [2.75, 3.05) is 33.2 Å². The average molecular weight is 477 g/mol. The Hall–Kier alpha value is -0.830. The molecule has 1 unspecified atom stereocenters. The number of piperidine rings is 1. The predicted octanol–water partition coefficient (Wildman–Crippen LogP) is 3.59. The predicted molar refractivity (Wildman–Crippen MR) is 118 cm³/mol. The molecular weight excluding hydrogens is 441 g/mol. The number of likely N-dealkylation sites (tertiary alicyclic amines) is 1. The van der Waals surface area contributed by atoms with Crippen LogP contribution in [0.15, 0.2) is 15.6 Å². The Morgan fingerprint density at radius 2 is 2.19 bits per heavy atom. The van der Waals surface area contributed by atoms with Crippen LogP contribution in [0.25, 0.3) is 0 Å². The standard InChI is InChI=1S/C19H35N5O.HI/c1-15(2)18-12-17(25-23-18)13-22-19(20-4)21-9-5-6-10-24-11-7-8-16(3)14-24;/h12,15-16H,5-11,13-14H2,1-4H3,(H2,20,21,22);1H. The molecule has 0 bridgehead atoms. The van der Waals surface area contributed by atoms with Gasteiger partial charge in [0.25, 0.3) is 0 Å². The van der Waals surface area contributed by atoms with E-state index in [0.717, 1.165) is 36.3 Å². The maximum Gasteiger partial charge on any atom is 0.191 e. The summed E-state index contributed by atoms with van der Waals surface area (Å²) in [4.78, 5) is 6.87. The molecule has 2 N–H and O–H groups in total. The van der Waals surface area contributed by atoms with E-state index in [4.69, 9.17) is 4.52 Å². The first kappa shape index (κ1) is 23.2. The monoisotopic (exact) mass is 477 g/mol. The number of aliphatic imine (C=N–C) groups is 1. The molecule has 0 radical (unpaired) electrons. The molecule has 1 aromatic rings. The Bertz CT molecular complexity index is 532. The Kier molecular flexibility index (Phi) is 11.2. The SMILES string of the molecule is CN=C(NCCCCN1CCCC(C)C1)NCc1cc(C(C)C)no1.I. The highest BCUT2D eigenvalue weighted by Crippen LogP contribution is 2.15. The van der Waals surface area contributed by atoms with Crippen molar-refractivity contribution in [1.82, 2.24) is 20.7 Å². The normalized spacial score (nSPS) is 18.7. The molecular formula is C19H36IN5O. The summed E-state index contributed by atoms with van der Waals surface area (Å²) in [6.45, 7) is 11.9. The number of aromatic nitrogens is 1. The number of hydrogen-bond acceptors (Lipinski definition) is 4. The number of nitrogens with zero attached hydrogens (tertiary/aromatic N) is 3. The van der Waals surface area contributed by atoms with E-state index >= 15 is 0 Å². The topological polar surface area (TPSA) is 65.7 Å². The maximum absolute atomic E-state index is 5.34. The van der Waals surface area contributed by atoms with E-state index in [1.807, 2.05) is 6.07 Å². The molecule has 1 aliphatic heterocycles. The minimum atomic E-state index is 0. The van der Waals surface area contributed by atoms with Gasteiger partial charge in [-0.05, 0) is 50.6 Å². The summed E-state index contributed by atoms with van der Waals surface area (Å²) >= 11 is 0. The van der Waals surface area contributed by atoms with Crippen LogP contribution < -0.4 is 10.6 Å². The number of halogens is 1. The largest absolute Gasteiger partial charge is 0.359 e. The van der Waals surface area contributed by atoms with E-state index in [0.29, 0.717) is 12.5 Å². The number of rotatable bonds is 8. The first-order chi connectivity index (χ1) is 12.1. The highest BCUT2D eigenvalue weighted by molar-refractivity contribution is 14.0. The average Bonchev–Trinajstić information content (AvgIpc) is 3.06. The number of unbranched alkanes of at least 4 members (excludes halogenated alkanes) is 1. The molecule has 1 fully saturated rings. The first-order valence-electron chi connectivity index (χ1n) is 9.71. The van der Waals surface area contributed by atoms with Crippen LogP contribution in [0, 0.1) is 5.92 Å². The van der Waals surface area contributed by atoms with Crippen molar-refractivity contribution in [3.8, 4) is 0 Å². The fourth-order valence-corrected chi connectivity index (χ4v) is 3.23.